The third kappa shape index (κ3) is 3.82. The summed E-state index contributed by atoms with van der Waals surface area (Å²) in [6.07, 6.45) is 0.657. The van der Waals surface area contributed by atoms with Crippen molar-refractivity contribution in [2.24, 2.45) is 0 Å². The largest absolute Gasteiger partial charge is 0.391 e. The lowest BCUT2D eigenvalue weighted by molar-refractivity contribution is -0.134. The summed E-state index contributed by atoms with van der Waals surface area (Å²) in [5, 5.41) is 10.5. The van der Waals surface area contributed by atoms with E-state index in [1.807, 2.05) is 56.3 Å². The number of hydrogen-bond donors (Lipinski definition) is 1. The average Bonchev–Trinajstić information content (AvgIpc) is 2.54. The minimum atomic E-state index is -0.508. The van der Waals surface area contributed by atoms with Gasteiger partial charge in [-0.1, -0.05) is 30.3 Å². The van der Waals surface area contributed by atoms with Gasteiger partial charge in [-0.15, -0.1) is 0 Å². The van der Waals surface area contributed by atoms with Gasteiger partial charge in [-0.05, 0) is 43.5 Å². The van der Waals surface area contributed by atoms with E-state index in [1.165, 1.54) is 0 Å². The van der Waals surface area contributed by atoms with Gasteiger partial charge in [-0.2, -0.15) is 0 Å². The van der Waals surface area contributed by atoms with Crippen LogP contribution in [0, 0.1) is 13.8 Å². The summed E-state index contributed by atoms with van der Waals surface area (Å²) >= 11 is 0. The van der Waals surface area contributed by atoms with Gasteiger partial charge in [0.1, 0.15) is 0 Å². The van der Waals surface area contributed by atoms with Crippen LogP contribution >= 0.6 is 0 Å². The van der Waals surface area contributed by atoms with Crippen molar-refractivity contribution in [3.8, 4) is 0 Å². The molecule has 1 aliphatic rings. The first-order valence-corrected chi connectivity index (χ1v) is 8.48. The molecule has 0 saturated carbocycles. The molecular formula is C20H24N2O2. The van der Waals surface area contributed by atoms with Crippen molar-refractivity contribution in [3.05, 3.63) is 65.0 Å². The van der Waals surface area contributed by atoms with Crippen molar-refractivity contribution in [3.63, 3.8) is 0 Å². The molecule has 24 heavy (non-hydrogen) atoms. The number of nitrogens with zero attached hydrogens (tertiary/aromatic N) is 2. The van der Waals surface area contributed by atoms with Crippen LogP contribution in [0.1, 0.15) is 34.9 Å². The lowest BCUT2D eigenvalue weighted by atomic mass is 9.87. The predicted octanol–water partition coefficient (Wildman–Crippen LogP) is 2.62. The quantitative estimate of drug-likeness (QED) is 0.944. The van der Waals surface area contributed by atoms with E-state index in [1.54, 1.807) is 4.90 Å². The van der Waals surface area contributed by atoms with E-state index in [9.17, 15) is 9.90 Å². The summed E-state index contributed by atoms with van der Waals surface area (Å²) in [5.41, 5.74) is 4.00. The summed E-state index contributed by atoms with van der Waals surface area (Å²) < 4.78 is 0. The molecule has 3 rings (SSSR count). The van der Waals surface area contributed by atoms with Crippen molar-refractivity contribution in [2.75, 3.05) is 13.1 Å². The van der Waals surface area contributed by atoms with Gasteiger partial charge in [0, 0.05) is 30.4 Å². The van der Waals surface area contributed by atoms with Crippen LogP contribution in [0.25, 0.3) is 0 Å². The fourth-order valence-corrected chi connectivity index (χ4v) is 3.56. The van der Waals surface area contributed by atoms with Crippen LogP contribution in [-0.4, -0.2) is 40.1 Å². The highest BCUT2D eigenvalue weighted by molar-refractivity contribution is 5.79. The van der Waals surface area contributed by atoms with E-state index < -0.39 is 6.10 Å². The first kappa shape index (κ1) is 16.7. The number of aryl methyl sites for hydroxylation is 2. The maximum Gasteiger partial charge on any atom is 0.227 e. The summed E-state index contributed by atoms with van der Waals surface area (Å²) in [6, 6.07) is 14.0. The Balaban J connectivity index is 1.64. The molecule has 1 amide bonds. The second-order valence-electron chi connectivity index (χ2n) is 6.65. The molecule has 1 saturated heterocycles. The van der Waals surface area contributed by atoms with Gasteiger partial charge in [0.05, 0.1) is 12.5 Å². The molecule has 1 N–H and O–H groups in total. The van der Waals surface area contributed by atoms with E-state index >= 15 is 0 Å². The van der Waals surface area contributed by atoms with Gasteiger partial charge >= 0.3 is 0 Å². The van der Waals surface area contributed by atoms with Gasteiger partial charge in [0.2, 0.25) is 5.91 Å². The topological polar surface area (TPSA) is 53.4 Å². The van der Waals surface area contributed by atoms with E-state index in [0.29, 0.717) is 19.5 Å². The number of hydrogen-bond acceptors (Lipinski definition) is 3. The zero-order chi connectivity index (χ0) is 17.1. The second kappa shape index (κ2) is 7.14. The molecule has 1 fully saturated rings. The van der Waals surface area contributed by atoms with Crippen molar-refractivity contribution in [1.82, 2.24) is 9.88 Å². The van der Waals surface area contributed by atoms with Crippen molar-refractivity contribution in [2.45, 2.75) is 38.7 Å². The van der Waals surface area contributed by atoms with Crippen molar-refractivity contribution < 1.29 is 9.90 Å². The molecule has 1 aliphatic heterocycles. The molecule has 0 spiro atoms. The van der Waals surface area contributed by atoms with Gasteiger partial charge in [0.25, 0.3) is 0 Å². The highest BCUT2D eigenvalue weighted by atomic mass is 16.3. The van der Waals surface area contributed by atoms with Crippen LogP contribution in [0.3, 0.4) is 0 Å². The molecule has 2 heterocycles. The predicted molar refractivity (Wildman–Crippen MR) is 93.8 cm³/mol. The maximum atomic E-state index is 12.6. The third-order valence-electron chi connectivity index (χ3n) is 4.66. The number of benzene rings is 1. The second-order valence-corrected chi connectivity index (χ2v) is 6.65. The number of carbonyl (C=O) groups is 1. The molecule has 0 aliphatic carbocycles. The number of amides is 1. The monoisotopic (exact) mass is 324 g/mol. The molecule has 2 aromatic rings. The molecule has 4 nitrogen and oxygen atoms in total. The molecule has 0 unspecified atom stereocenters. The lowest BCUT2D eigenvalue weighted by Crippen LogP contribution is -2.46. The number of likely N-dealkylation sites (tertiary alicyclic amines) is 1. The Kier molecular flexibility index (Phi) is 4.95. The number of aliphatic hydroxyl groups excluding tert-OH is 1. The molecular weight excluding hydrogens is 300 g/mol. The van der Waals surface area contributed by atoms with Crippen LogP contribution in [0.2, 0.25) is 0 Å². The van der Waals surface area contributed by atoms with E-state index in [-0.39, 0.29) is 11.8 Å². The lowest BCUT2D eigenvalue weighted by Gasteiger charge is -2.36. The first-order chi connectivity index (χ1) is 11.5. The molecule has 1 aromatic carbocycles. The third-order valence-corrected chi connectivity index (χ3v) is 4.66. The number of piperidine rings is 1. The average molecular weight is 324 g/mol. The van der Waals surface area contributed by atoms with Crippen molar-refractivity contribution >= 4 is 5.91 Å². The van der Waals surface area contributed by atoms with E-state index in [2.05, 4.69) is 4.98 Å². The molecule has 0 bridgehead atoms. The number of β-amino-alcohol motifs (C(OH)–C–C–N with tert-alkyl or cyclic N) is 1. The number of aromatic nitrogens is 1. The molecule has 1 aromatic heterocycles. The highest BCUT2D eigenvalue weighted by Gasteiger charge is 2.30. The SMILES string of the molecule is Cc1cc(CC(=O)N2CC[C@H](c3ccccc3)[C@H](O)C2)cc(C)n1. The molecule has 4 heteroatoms. The normalized spacial score (nSPS) is 20.9. The fourth-order valence-electron chi connectivity index (χ4n) is 3.56. The highest BCUT2D eigenvalue weighted by Crippen LogP contribution is 2.28. The first-order valence-electron chi connectivity index (χ1n) is 8.48. The summed E-state index contributed by atoms with van der Waals surface area (Å²) in [4.78, 5) is 18.7. The minimum absolute atomic E-state index is 0.0746. The van der Waals surface area contributed by atoms with Crippen LogP contribution in [0.15, 0.2) is 42.5 Å². The van der Waals surface area contributed by atoms with Crippen LogP contribution < -0.4 is 0 Å². The van der Waals surface area contributed by atoms with Gasteiger partial charge < -0.3 is 10.0 Å². The Bertz CT molecular complexity index is 695. The zero-order valence-electron chi connectivity index (χ0n) is 14.3. The Hall–Kier alpha value is -2.20. The number of pyridine rings is 1. The number of rotatable bonds is 3. The Labute approximate surface area is 143 Å². The molecule has 0 radical (unpaired) electrons. The van der Waals surface area contributed by atoms with E-state index in [0.717, 1.165) is 28.9 Å². The Morgan fingerprint density at radius 2 is 1.88 bits per heavy atom. The zero-order valence-corrected chi connectivity index (χ0v) is 14.3. The van der Waals surface area contributed by atoms with Gasteiger partial charge in [0.15, 0.2) is 0 Å². The standard InChI is InChI=1S/C20H24N2O2/c1-14-10-16(11-15(2)21-14)12-20(24)22-9-8-18(19(23)13-22)17-6-4-3-5-7-17/h3-7,10-11,18-19,23H,8-9,12-13H2,1-2H3/t18-,19-/m1/s1. The number of aliphatic hydroxyl groups is 1. The summed E-state index contributed by atoms with van der Waals surface area (Å²) in [5.74, 6) is 0.186. The maximum absolute atomic E-state index is 12.6. The Morgan fingerprint density at radius 1 is 1.21 bits per heavy atom. The fraction of sp³-hybridized carbons (Fsp3) is 0.400. The molecule has 2 atom stereocenters. The van der Waals surface area contributed by atoms with Crippen LogP contribution in [0.5, 0.6) is 0 Å². The summed E-state index contributed by atoms with van der Waals surface area (Å²) in [7, 11) is 0. The summed E-state index contributed by atoms with van der Waals surface area (Å²) in [6.45, 7) is 4.98. The van der Waals surface area contributed by atoms with Crippen molar-refractivity contribution in [1.29, 1.82) is 0 Å². The van der Waals surface area contributed by atoms with Crippen LogP contribution in [0.4, 0.5) is 0 Å². The minimum Gasteiger partial charge on any atom is -0.391 e. The smallest absolute Gasteiger partial charge is 0.227 e. The Morgan fingerprint density at radius 3 is 2.50 bits per heavy atom. The number of carbonyl (C=O) groups excluding carboxylic acids is 1. The molecule has 126 valence electrons. The van der Waals surface area contributed by atoms with Gasteiger partial charge in [-0.25, -0.2) is 0 Å². The van der Waals surface area contributed by atoms with E-state index in [4.69, 9.17) is 0 Å². The van der Waals surface area contributed by atoms with Gasteiger partial charge in [-0.3, -0.25) is 9.78 Å². The van der Waals surface area contributed by atoms with Crippen LogP contribution in [-0.2, 0) is 11.2 Å².